The molecule has 2 nitrogen and oxygen atoms in total. The van der Waals surface area contributed by atoms with Gasteiger partial charge >= 0.3 is 6.18 Å². The van der Waals surface area contributed by atoms with Crippen LogP contribution in [0.5, 0.6) is 0 Å². The van der Waals surface area contributed by atoms with Gasteiger partial charge in [-0.05, 0) is 17.7 Å². The highest BCUT2D eigenvalue weighted by Crippen LogP contribution is 2.32. The second-order valence-electron chi connectivity index (χ2n) is 3.27. The SMILES string of the molecule is C=C(c1ccc(S(C)(=O)=O)cc1)C(F)(F)F. The predicted octanol–water partition coefficient (Wildman–Crippen LogP) is 2.67. The topological polar surface area (TPSA) is 34.1 Å². The zero-order valence-corrected chi connectivity index (χ0v) is 9.19. The molecule has 88 valence electrons. The molecule has 0 aromatic heterocycles. The van der Waals surface area contributed by atoms with Gasteiger partial charge in [0.25, 0.3) is 0 Å². The smallest absolute Gasteiger partial charge is 0.224 e. The summed E-state index contributed by atoms with van der Waals surface area (Å²) in [4.78, 5) is -0.0220. The third-order valence-corrected chi connectivity index (χ3v) is 3.10. The fraction of sp³-hybridized carbons (Fsp3) is 0.200. The first-order chi connectivity index (χ1) is 7.12. The molecule has 0 aliphatic heterocycles. The van der Waals surface area contributed by atoms with Crippen molar-refractivity contribution in [3.63, 3.8) is 0 Å². The zero-order valence-electron chi connectivity index (χ0n) is 8.38. The van der Waals surface area contributed by atoms with Crippen molar-refractivity contribution in [1.82, 2.24) is 0 Å². The largest absolute Gasteiger partial charge is 0.416 e. The summed E-state index contributed by atoms with van der Waals surface area (Å²) in [6, 6.07) is 4.43. The van der Waals surface area contributed by atoms with Crippen LogP contribution in [0.25, 0.3) is 5.57 Å². The van der Waals surface area contributed by atoms with E-state index >= 15 is 0 Å². The van der Waals surface area contributed by atoms with Crippen molar-refractivity contribution in [1.29, 1.82) is 0 Å². The van der Waals surface area contributed by atoms with E-state index in [1.807, 2.05) is 0 Å². The molecule has 0 radical (unpaired) electrons. The zero-order chi connectivity index (χ0) is 12.6. The van der Waals surface area contributed by atoms with Crippen LogP contribution in [0.3, 0.4) is 0 Å². The molecule has 0 fully saturated rings. The van der Waals surface area contributed by atoms with Gasteiger partial charge in [-0.1, -0.05) is 18.7 Å². The minimum atomic E-state index is -4.51. The Hall–Kier alpha value is -1.30. The fourth-order valence-corrected chi connectivity index (χ4v) is 1.70. The average molecular weight is 250 g/mol. The fourth-order valence-electron chi connectivity index (χ4n) is 1.07. The lowest BCUT2D eigenvalue weighted by Crippen LogP contribution is -2.09. The van der Waals surface area contributed by atoms with Crippen LogP contribution in [0.15, 0.2) is 35.7 Å². The van der Waals surface area contributed by atoms with Gasteiger partial charge in [0.15, 0.2) is 9.84 Å². The Morgan fingerprint density at radius 3 is 1.94 bits per heavy atom. The van der Waals surface area contributed by atoms with Crippen LogP contribution in [0, 0.1) is 0 Å². The highest BCUT2D eigenvalue weighted by Gasteiger charge is 2.32. The third kappa shape index (κ3) is 2.85. The van der Waals surface area contributed by atoms with Crippen molar-refractivity contribution in [3.8, 4) is 0 Å². The highest BCUT2D eigenvalue weighted by molar-refractivity contribution is 7.90. The van der Waals surface area contributed by atoms with Gasteiger partial charge in [-0.25, -0.2) is 8.42 Å². The van der Waals surface area contributed by atoms with Crippen molar-refractivity contribution in [2.75, 3.05) is 6.26 Å². The summed E-state index contributed by atoms with van der Waals surface area (Å²) in [5.74, 6) is 0. The van der Waals surface area contributed by atoms with E-state index in [-0.39, 0.29) is 10.5 Å². The lowest BCUT2D eigenvalue weighted by atomic mass is 10.1. The van der Waals surface area contributed by atoms with E-state index < -0.39 is 21.6 Å². The molecule has 0 aliphatic rings. The van der Waals surface area contributed by atoms with Gasteiger partial charge in [0.2, 0.25) is 0 Å². The average Bonchev–Trinajstić information content (AvgIpc) is 2.14. The van der Waals surface area contributed by atoms with E-state index in [1.54, 1.807) is 0 Å². The number of hydrogen-bond acceptors (Lipinski definition) is 2. The molecular weight excluding hydrogens is 241 g/mol. The second kappa shape index (κ2) is 3.93. The molecule has 0 atom stereocenters. The van der Waals surface area contributed by atoms with Crippen molar-refractivity contribution in [2.24, 2.45) is 0 Å². The molecule has 1 aromatic carbocycles. The molecule has 6 heteroatoms. The highest BCUT2D eigenvalue weighted by atomic mass is 32.2. The molecule has 0 aliphatic carbocycles. The van der Waals surface area contributed by atoms with E-state index in [0.29, 0.717) is 0 Å². The minimum Gasteiger partial charge on any atom is -0.224 e. The number of rotatable bonds is 2. The van der Waals surface area contributed by atoms with Gasteiger partial charge in [0.05, 0.1) is 10.5 Å². The van der Waals surface area contributed by atoms with E-state index in [2.05, 4.69) is 6.58 Å². The summed E-state index contributed by atoms with van der Waals surface area (Å²) < 4.78 is 58.9. The Labute approximate surface area is 91.3 Å². The van der Waals surface area contributed by atoms with Gasteiger partial charge < -0.3 is 0 Å². The van der Waals surface area contributed by atoms with Crippen LogP contribution in [0.4, 0.5) is 13.2 Å². The summed E-state index contributed by atoms with van der Waals surface area (Å²) in [6.07, 6.45) is -3.52. The summed E-state index contributed by atoms with van der Waals surface area (Å²) in [5, 5.41) is 0. The Morgan fingerprint density at radius 2 is 1.62 bits per heavy atom. The number of alkyl halides is 3. The first-order valence-electron chi connectivity index (χ1n) is 4.19. The molecule has 0 unspecified atom stereocenters. The second-order valence-corrected chi connectivity index (χ2v) is 5.29. The predicted molar refractivity (Wildman–Crippen MR) is 54.6 cm³/mol. The molecule has 16 heavy (non-hydrogen) atoms. The Kier molecular flexibility index (Phi) is 3.14. The summed E-state index contributed by atoms with van der Waals surface area (Å²) in [5.41, 5.74) is -1.13. The Bertz CT molecular complexity index is 498. The number of sulfone groups is 1. The standard InChI is InChI=1S/C10H9F3O2S/c1-7(10(11,12)13)8-3-5-9(6-4-8)16(2,14)15/h3-6H,1H2,2H3. The molecule has 0 N–H and O–H groups in total. The molecule has 0 saturated carbocycles. The van der Waals surface area contributed by atoms with E-state index in [9.17, 15) is 21.6 Å². The van der Waals surface area contributed by atoms with Gasteiger partial charge in [0, 0.05) is 6.26 Å². The van der Waals surface area contributed by atoms with Crippen LogP contribution in [0.2, 0.25) is 0 Å². The van der Waals surface area contributed by atoms with E-state index in [1.165, 1.54) is 0 Å². The van der Waals surface area contributed by atoms with Gasteiger partial charge in [-0.3, -0.25) is 0 Å². The quantitative estimate of drug-likeness (QED) is 0.808. The van der Waals surface area contributed by atoms with Gasteiger partial charge in [0.1, 0.15) is 0 Å². The van der Waals surface area contributed by atoms with Crippen molar-refractivity contribution >= 4 is 15.4 Å². The lowest BCUT2D eigenvalue weighted by molar-refractivity contribution is -0.0686. The summed E-state index contributed by atoms with van der Waals surface area (Å²) >= 11 is 0. The Morgan fingerprint density at radius 1 is 1.19 bits per heavy atom. The number of allylic oxidation sites excluding steroid dienone is 1. The summed E-state index contributed by atoms with van der Waals surface area (Å²) in [6.45, 7) is 2.91. The summed E-state index contributed by atoms with van der Waals surface area (Å²) in [7, 11) is -3.39. The van der Waals surface area contributed by atoms with Crippen LogP contribution >= 0.6 is 0 Å². The maximum absolute atomic E-state index is 12.3. The van der Waals surface area contributed by atoms with Crippen molar-refractivity contribution < 1.29 is 21.6 Å². The maximum atomic E-state index is 12.3. The van der Waals surface area contributed by atoms with Gasteiger partial charge in [-0.2, -0.15) is 13.2 Å². The van der Waals surface area contributed by atoms with Crippen LogP contribution < -0.4 is 0 Å². The van der Waals surface area contributed by atoms with E-state index in [4.69, 9.17) is 0 Å². The van der Waals surface area contributed by atoms with Crippen LogP contribution in [-0.2, 0) is 9.84 Å². The monoisotopic (exact) mass is 250 g/mol. The molecule has 0 amide bonds. The normalized spacial score (nSPS) is 12.5. The first kappa shape index (κ1) is 12.8. The first-order valence-corrected chi connectivity index (χ1v) is 6.08. The molecule has 0 spiro atoms. The molecular formula is C10H9F3O2S. The van der Waals surface area contributed by atoms with Crippen molar-refractivity contribution in [2.45, 2.75) is 11.1 Å². The molecule has 1 aromatic rings. The van der Waals surface area contributed by atoms with Crippen LogP contribution in [-0.4, -0.2) is 20.8 Å². The van der Waals surface area contributed by atoms with Crippen LogP contribution in [0.1, 0.15) is 5.56 Å². The molecule has 0 heterocycles. The molecule has 0 saturated heterocycles. The number of halogens is 3. The Balaban J connectivity index is 3.10. The third-order valence-electron chi connectivity index (χ3n) is 1.97. The van der Waals surface area contributed by atoms with Gasteiger partial charge in [-0.15, -0.1) is 0 Å². The maximum Gasteiger partial charge on any atom is 0.416 e. The lowest BCUT2D eigenvalue weighted by Gasteiger charge is -2.10. The molecule has 0 bridgehead atoms. The minimum absolute atomic E-state index is 0.0220. The molecule has 1 rings (SSSR count). The number of hydrogen-bond donors (Lipinski definition) is 0. The van der Waals surface area contributed by atoms with Crippen molar-refractivity contribution in [3.05, 3.63) is 36.4 Å². The number of benzene rings is 1. The van der Waals surface area contributed by atoms with E-state index in [0.717, 1.165) is 30.5 Å².